The van der Waals surface area contributed by atoms with Crippen molar-refractivity contribution in [1.29, 1.82) is 0 Å². The van der Waals surface area contributed by atoms with E-state index < -0.39 is 0 Å². The summed E-state index contributed by atoms with van der Waals surface area (Å²) in [5.74, 6) is 0. The fourth-order valence-corrected chi connectivity index (χ4v) is 2.53. The summed E-state index contributed by atoms with van der Waals surface area (Å²) in [7, 11) is 0. The third kappa shape index (κ3) is 1.54. The van der Waals surface area contributed by atoms with E-state index in [2.05, 4.69) is 61.7 Å². The van der Waals surface area contributed by atoms with Gasteiger partial charge < -0.3 is 0 Å². The van der Waals surface area contributed by atoms with E-state index in [1.807, 2.05) is 12.2 Å². The molecule has 0 radical (unpaired) electrons. The SMILES string of the molecule is C=CC=c1cccc2ccc3cccc(=C)c3c12. The van der Waals surface area contributed by atoms with Gasteiger partial charge >= 0.3 is 0 Å². The van der Waals surface area contributed by atoms with Gasteiger partial charge in [0, 0.05) is 0 Å². The van der Waals surface area contributed by atoms with E-state index in [-0.39, 0.29) is 0 Å². The number of fused-ring (bicyclic) bond motifs is 3. The second-order valence-electron chi connectivity index (χ2n) is 4.43. The Morgan fingerprint density at radius 3 is 2.17 bits per heavy atom. The highest BCUT2D eigenvalue weighted by atomic mass is 14.0. The molecule has 0 fully saturated rings. The molecule has 0 aliphatic carbocycles. The quantitative estimate of drug-likeness (QED) is 0.562. The van der Waals surface area contributed by atoms with Crippen molar-refractivity contribution in [2.75, 3.05) is 0 Å². The van der Waals surface area contributed by atoms with Gasteiger partial charge in [0.05, 0.1) is 0 Å². The van der Waals surface area contributed by atoms with Gasteiger partial charge in [0.1, 0.15) is 0 Å². The largest absolute Gasteiger partial charge is 0.0990 e. The summed E-state index contributed by atoms with van der Waals surface area (Å²) >= 11 is 0. The van der Waals surface area contributed by atoms with Crippen molar-refractivity contribution in [2.24, 2.45) is 0 Å². The average Bonchev–Trinajstić information content (AvgIpc) is 2.39. The topological polar surface area (TPSA) is 0 Å². The summed E-state index contributed by atoms with van der Waals surface area (Å²) < 4.78 is 0. The lowest BCUT2D eigenvalue weighted by molar-refractivity contribution is 1.67. The van der Waals surface area contributed by atoms with E-state index in [0.29, 0.717) is 0 Å². The maximum absolute atomic E-state index is 4.16. The van der Waals surface area contributed by atoms with Gasteiger partial charge in [-0.1, -0.05) is 73.8 Å². The van der Waals surface area contributed by atoms with E-state index in [1.54, 1.807) is 0 Å². The molecule has 18 heavy (non-hydrogen) atoms. The number of benzene rings is 3. The maximum atomic E-state index is 4.16. The Morgan fingerprint density at radius 1 is 0.778 bits per heavy atom. The zero-order valence-electron chi connectivity index (χ0n) is 10.2. The lowest BCUT2D eigenvalue weighted by atomic mass is 9.99. The van der Waals surface area contributed by atoms with Crippen molar-refractivity contribution in [3.63, 3.8) is 0 Å². The van der Waals surface area contributed by atoms with Crippen LogP contribution in [-0.4, -0.2) is 0 Å². The molecule has 0 amide bonds. The molecule has 3 aromatic rings. The predicted molar refractivity (Wildman–Crippen MR) is 80.9 cm³/mol. The molecule has 0 heterocycles. The van der Waals surface area contributed by atoms with Crippen LogP contribution < -0.4 is 10.4 Å². The number of allylic oxidation sites excluding steroid dienone is 1. The molecule has 0 heteroatoms. The average molecular weight is 230 g/mol. The summed E-state index contributed by atoms with van der Waals surface area (Å²) in [6.07, 6.45) is 3.88. The molecule has 0 aliphatic rings. The zero-order valence-corrected chi connectivity index (χ0v) is 10.2. The van der Waals surface area contributed by atoms with Crippen LogP contribution in [0.2, 0.25) is 0 Å². The second-order valence-corrected chi connectivity index (χ2v) is 4.43. The van der Waals surface area contributed by atoms with E-state index in [1.165, 1.54) is 26.8 Å². The lowest BCUT2D eigenvalue weighted by Crippen LogP contribution is -2.06. The molecule has 86 valence electrons. The molecular weight excluding hydrogens is 216 g/mol. The predicted octanol–water partition coefficient (Wildman–Crippen LogP) is 3.37. The molecule has 3 rings (SSSR count). The van der Waals surface area contributed by atoms with Crippen LogP contribution in [0.4, 0.5) is 0 Å². The highest BCUT2D eigenvalue weighted by molar-refractivity contribution is 6.08. The third-order valence-electron chi connectivity index (χ3n) is 3.30. The van der Waals surface area contributed by atoms with E-state index in [0.717, 1.165) is 5.22 Å². The Bertz CT molecular complexity index is 854. The number of hydrogen-bond donors (Lipinski definition) is 0. The van der Waals surface area contributed by atoms with Crippen LogP contribution in [0.25, 0.3) is 34.2 Å². The van der Waals surface area contributed by atoms with Crippen molar-refractivity contribution in [1.82, 2.24) is 0 Å². The molecule has 0 unspecified atom stereocenters. The molecule has 0 spiro atoms. The minimum atomic E-state index is 1.07. The van der Waals surface area contributed by atoms with E-state index >= 15 is 0 Å². The molecule has 0 aliphatic heterocycles. The summed E-state index contributed by atoms with van der Waals surface area (Å²) in [5.41, 5.74) is 0. The Labute approximate surface area is 106 Å². The van der Waals surface area contributed by atoms with Crippen molar-refractivity contribution < 1.29 is 0 Å². The summed E-state index contributed by atoms with van der Waals surface area (Å²) in [5, 5.41) is 7.26. The molecule has 3 aromatic carbocycles. The number of hydrogen-bond acceptors (Lipinski definition) is 0. The smallest absolute Gasteiger partial charge is 0.00270 e. The number of rotatable bonds is 1. The van der Waals surface area contributed by atoms with Crippen molar-refractivity contribution in [2.45, 2.75) is 0 Å². The van der Waals surface area contributed by atoms with E-state index in [4.69, 9.17) is 0 Å². The minimum Gasteiger partial charge on any atom is -0.0990 e. The first kappa shape index (κ1) is 10.8. The van der Waals surface area contributed by atoms with Crippen molar-refractivity contribution >= 4 is 34.2 Å². The second kappa shape index (κ2) is 4.15. The standard InChI is InChI=1S/C18H14/c1-3-6-14-9-5-10-16-12-11-15-8-4-7-13(2)17(15)18(14)16/h3-12H,1-2H2. The van der Waals surface area contributed by atoms with Gasteiger partial charge in [-0.15, -0.1) is 0 Å². The first-order valence-electron chi connectivity index (χ1n) is 6.03. The van der Waals surface area contributed by atoms with Gasteiger partial charge in [0.15, 0.2) is 0 Å². The fraction of sp³-hybridized carbons (Fsp3) is 0. The van der Waals surface area contributed by atoms with Crippen LogP contribution in [0.3, 0.4) is 0 Å². The van der Waals surface area contributed by atoms with Gasteiger partial charge in [-0.25, -0.2) is 0 Å². The Morgan fingerprint density at radius 2 is 1.44 bits per heavy atom. The zero-order chi connectivity index (χ0) is 12.5. The summed E-state index contributed by atoms with van der Waals surface area (Å²) in [4.78, 5) is 0. The molecule has 0 bridgehead atoms. The Balaban J connectivity index is 2.73. The van der Waals surface area contributed by atoms with Crippen molar-refractivity contribution in [3.8, 4) is 0 Å². The first-order valence-corrected chi connectivity index (χ1v) is 6.03. The van der Waals surface area contributed by atoms with Gasteiger partial charge in [-0.2, -0.15) is 0 Å². The fourth-order valence-electron chi connectivity index (χ4n) is 2.53. The molecule has 0 N–H and O–H groups in total. The molecule has 0 atom stereocenters. The van der Waals surface area contributed by atoms with Gasteiger partial charge in [0.25, 0.3) is 0 Å². The van der Waals surface area contributed by atoms with Gasteiger partial charge in [-0.3, -0.25) is 0 Å². The summed E-state index contributed by atoms with van der Waals surface area (Å²) in [6, 6.07) is 16.9. The summed E-state index contributed by atoms with van der Waals surface area (Å²) in [6.45, 7) is 7.95. The van der Waals surface area contributed by atoms with Crippen LogP contribution >= 0.6 is 0 Å². The Hall–Kier alpha value is -2.34. The molecule has 0 saturated heterocycles. The molecule has 0 nitrogen and oxygen atoms in total. The van der Waals surface area contributed by atoms with Crippen LogP contribution in [0, 0.1) is 0 Å². The monoisotopic (exact) mass is 230 g/mol. The first-order chi connectivity index (χ1) is 8.81. The third-order valence-corrected chi connectivity index (χ3v) is 3.30. The van der Waals surface area contributed by atoms with Gasteiger partial charge in [-0.05, 0) is 32.0 Å². The van der Waals surface area contributed by atoms with Crippen LogP contribution in [-0.2, 0) is 0 Å². The van der Waals surface area contributed by atoms with Crippen LogP contribution in [0.15, 0.2) is 61.2 Å². The highest BCUT2D eigenvalue weighted by Gasteiger charge is 2.01. The van der Waals surface area contributed by atoms with Crippen LogP contribution in [0.1, 0.15) is 0 Å². The molecular formula is C18H14. The van der Waals surface area contributed by atoms with Crippen molar-refractivity contribution in [3.05, 3.63) is 71.6 Å². The van der Waals surface area contributed by atoms with Gasteiger partial charge in [0.2, 0.25) is 0 Å². The molecule has 0 aromatic heterocycles. The highest BCUT2D eigenvalue weighted by Crippen LogP contribution is 2.19. The minimum absolute atomic E-state index is 1.07. The maximum Gasteiger partial charge on any atom is -0.00270 e. The van der Waals surface area contributed by atoms with E-state index in [9.17, 15) is 0 Å². The Kier molecular flexibility index (Phi) is 2.49. The lowest BCUT2D eigenvalue weighted by Gasteiger charge is -2.05. The molecule has 0 saturated carbocycles. The normalized spacial score (nSPS) is 12.1. The van der Waals surface area contributed by atoms with Crippen LogP contribution in [0.5, 0.6) is 0 Å².